The molecule has 0 heterocycles. The molecule has 0 spiro atoms. The SMILES string of the molecule is CC(C)=CCCC(C)(O)/C=C/O. The molecule has 0 aliphatic heterocycles. The third-order valence-corrected chi connectivity index (χ3v) is 1.64. The van der Waals surface area contributed by atoms with Crippen molar-refractivity contribution in [2.75, 3.05) is 0 Å². The molecular weight excluding hydrogens is 152 g/mol. The fourth-order valence-electron chi connectivity index (χ4n) is 0.897. The average Bonchev–Trinajstić information content (AvgIpc) is 1.85. The van der Waals surface area contributed by atoms with Gasteiger partial charge < -0.3 is 10.2 Å². The molecule has 2 heteroatoms. The molecule has 0 aromatic rings. The van der Waals surface area contributed by atoms with Crippen molar-refractivity contribution in [1.29, 1.82) is 0 Å². The van der Waals surface area contributed by atoms with Crippen molar-refractivity contribution in [1.82, 2.24) is 0 Å². The molecule has 12 heavy (non-hydrogen) atoms. The van der Waals surface area contributed by atoms with E-state index >= 15 is 0 Å². The summed E-state index contributed by atoms with van der Waals surface area (Å²) in [5, 5.41) is 18.0. The topological polar surface area (TPSA) is 40.5 Å². The van der Waals surface area contributed by atoms with Crippen LogP contribution in [0.3, 0.4) is 0 Å². The zero-order valence-electron chi connectivity index (χ0n) is 8.04. The van der Waals surface area contributed by atoms with Gasteiger partial charge in [0, 0.05) is 0 Å². The van der Waals surface area contributed by atoms with E-state index < -0.39 is 5.60 Å². The standard InChI is InChI=1S/C10H18O2/c1-9(2)5-4-6-10(3,12)7-8-11/h5,7-8,11-12H,4,6H2,1-3H3/b8-7+. The second kappa shape index (κ2) is 4.99. The van der Waals surface area contributed by atoms with Gasteiger partial charge in [0.15, 0.2) is 0 Å². The molecule has 0 saturated heterocycles. The van der Waals surface area contributed by atoms with Crippen LogP contribution in [0.1, 0.15) is 33.6 Å². The molecule has 0 saturated carbocycles. The first-order valence-corrected chi connectivity index (χ1v) is 4.15. The van der Waals surface area contributed by atoms with Crippen LogP contribution in [0.15, 0.2) is 24.0 Å². The van der Waals surface area contributed by atoms with Crippen LogP contribution in [0.25, 0.3) is 0 Å². The van der Waals surface area contributed by atoms with E-state index in [1.165, 1.54) is 11.6 Å². The Hall–Kier alpha value is -0.760. The Balaban J connectivity index is 3.84. The molecule has 0 aromatic heterocycles. The van der Waals surface area contributed by atoms with Crippen molar-refractivity contribution >= 4 is 0 Å². The summed E-state index contributed by atoms with van der Waals surface area (Å²) in [6.07, 6.45) is 5.82. The molecule has 1 atom stereocenters. The minimum absolute atomic E-state index is 0.634. The van der Waals surface area contributed by atoms with Crippen LogP contribution in [0.5, 0.6) is 0 Å². The summed E-state index contributed by atoms with van der Waals surface area (Å²) >= 11 is 0. The van der Waals surface area contributed by atoms with Crippen LogP contribution >= 0.6 is 0 Å². The highest BCUT2D eigenvalue weighted by Crippen LogP contribution is 2.14. The van der Waals surface area contributed by atoms with E-state index in [0.717, 1.165) is 12.7 Å². The van der Waals surface area contributed by atoms with E-state index in [4.69, 9.17) is 5.11 Å². The van der Waals surface area contributed by atoms with Crippen LogP contribution in [0.4, 0.5) is 0 Å². The molecule has 0 amide bonds. The van der Waals surface area contributed by atoms with E-state index in [0.29, 0.717) is 6.42 Å². The van der Waals surface area contributed by atoms with Gasteiger partial charge in [-0.3, -0.25) is 0 Å². The van der Waals surface area contributed by atoms with Crippen LogP contribution in [0, 0.1) is 0 Å². The number of aliphatic hydroxyl groups is 2. The van der Waals surface area contributed by atoms with Gasteiger partial charge in [-0.1, -0.05) is 11.6 Å². The van der Waals surface area contributed by atoms with Crippen LogP contribution in [-0.2, 0) is 0 Å². The molecule has 70 valence electrons. The summed E-state index contributed by atoms with van der Waals surface area (Å²) in [5.74, 6) is 0. The van der Waals surface area contributed by atoms with Gasteiger partial charge in [0.05, 0.1) is 11.9 Å². The lowest BCUT2D eigenvalue weighted by molar-refractivity contribution is 0.101. The zero-order valence-corrected chi connectivity index (χ0v) is 8.04. The largest absolute Gasteiger partial charge is 0.516 e. The fraction of sp³-hybridized carbons (Fsp3) is 0.600. The maximum absolute atomic E-state index is 9.55. The molecule has 0 radical (unpaired) electrons. The molecule has 0 aromatic carbocycles. The maximum Gasteiger partial charge on any atom is 0.0834 e. The Kier molecular flexibility index (Phi) is 4.67. The van der Waals surface area contributed by atoms with Crippen molar-refractivity contribution in [3.8, 4) is 0 Å². The Morgan fingerprint density at radius 3 is 2.42 bits per heavy atom. The predicted molar refractivity (Wildman–Crippen MR) is 51.1 cm³/mol. The highest BCUT2D eigenvalue weighted by atomic mass is 16.3. The van der Waals surface area contributed by atoms with Crippen molar-refractivity contribution in [2.24, 2.45) is 0 Å². The van der Waals surface area contributed by atoms with Crippen LogP contribution in [0.2, 0.25) is 0 Å². The summed E-state index contributed by atoms with van der Waals surface area (Å²) < 4.78 is 0. The summed E-state index contributed by atoms with van der Waals surface area (Å²) in [4.78, 5) is 0. The Morgan fingerprint density at radius 1 is 1.42 bits per heavy atom. The highest BCUT2D eigenvalue weighted by molar-refractivity contribution is 4.98. The summed E-state index contributed by atoms with van der Waals surface area (Å²) in [6, 6.07) is 0. The summed E-state index contributed by atoms with van der Waals surface area (Å²) in [5.41, 5.74) is 0.361. The zero-order chi connectivity index (χ0) is 9.61. The smallest absolute Gasteiger partial charge is 0.0834 e. The van der Waals surface area contributed by atoms with Gasteiger partial charge in [-0.25, -0.2) is 0 Å². The van der Waals surface area contributed by atoms with Gasteiger partial charge in [0.25, 0.3) is 0 Å². The van der Waals surface area contributed by atoms with E-state index in [1.54, 1.807) is 6.92 Å². The third kappa shape index (κ3) is 5.98. The summed E-state index contributed by atoms with van der Waals surface area (Å²) in [6.45, 7) is 5.73. The first-order chi connectivity index (χ1) is 5.48. The van der Waals surface area contributed by atoms with Crippen LogP contribution < -0.4 is 0 Å². The molecule has 0 fully saturated rings. The molecule has 0 aliphatic rings. The van der Waals surface area contributed by atoms with E-state index in [-0.39, 0.29) is 0 Å². The average molecular weight is 170 g/mol. The van der Waals surface area contributed by atoms with Gasteiger partial charge in [-0.2, -0.15) is 0 Å². The van der Waals surface area contributed by atoms with E-state index in [2.05, 4.69) is 6.08 Å². The number of hydrogen-bond donors (Lipinski definition) is 2. The molecule has 0 bridgehead atoms. The first-order valence-electron chi connectivity index (χ1n) is 4.15. The monoisotopic (exact) mass is 170 g/mol. The lowest BCUT2D eigenvalue weighted by Gasteiger charge is -2.16. The van der Waals surface area contributed by atoms with Crippen molar-refractivity contribution in [2.45, 2.75) is 39.2 Å². The Labute approximate surface area is 74.2 Å². The number of hydrogen-bond acceptors (Lipinski definition) is 2. The maximum atomic E-state index is 9.55. The van der Waals surface area contributed by atoms with Gasteiger partial charge in [0.2, 0.25) is 0 Å². The second-order valence-corrected chi connectivity index (χ2v) is 3.49. The van der Waals surface area contributed by atoms with E-state index in [1.807, 2.05) is 13.8 Å². The third-order valence-electron chi connectivity index (χ3n) is 1.64. The molecule has 2 nitrogen and oxygen atoms in total. The minimum Gasteiger partial charge on any atom is -0.516 e. The predicted octanol–water partition coefficient (Wildman–Crippen LogP) is 2.56. The molecule has 0 rings (SSSR count). The van der Waals surface area contributed by atoms with Gasteiger partial charge in [0.1, 0.15) is 0 Å². The van der Waals surface area contributed by atoms with Gasteiger partial charge in [-0.15, -0.1) is 0 Å². The van der Waals surface area contributed by atoms with Crippen molar-refractivity contribution in [3.05, 3.63) is 24.0 Å². The number of rotatable bonds is 4. The normalized spacial score (nSPS) is 16.0. The van der Waals surface area contributed by atoms with Crippen molar-refractivity contribution < 1.29 is 10.2 Å². The van der Waals surface area contributed by atoms with Crippen molar-refractivity contribution in [3.63, 3.8) is 0 Å². The fourth-order valence-corrected chi connectivity index (χ4v) is 0.897. The Bertz CT molecular complexity index is 174. The molecule has 2 N–H and O–H groups in total. The lowest BCUT2D eigenvalue weighted by atomic mass is 10.00. The van der Waals surface area contributed by atoms with Gasteiger partial charge >= 0.3 is 0 Å². The van der Waals surface area contributed by atoms with E-state index in [9.17, 15) is 5.11 Å². The first kappa shape index (κ1) is 11.2. The minimum atomic E-state index is -0.888. The Morgan fingerprint density at radius 2 is 2.00 bits per heavy atom. The quantitative estimate of drug-likeness (QED) is 0.503. The number of aliphatic hydroxyl groups excluding tert-OH is 1. The molecular formula is C10H18O2. The molecule has 1 unspecified atom stereocenters. The van der Waals surface area contributed by atoms with Crippen LogP contribution in [-0.4, -0.2) is 15.8 Å². The highest BCUT2D eigenvalue weighted by Gasteiger charge is 2.14. The second-order valence-electron chi connectivity index (χ2n) is 3.49. The summed E-state index contributed by atoms with van der Waals surface area (Å²) in [7, 11) is 0. The molecule has 0 aliphatic carbocycles. The number of allylic oxidation sites excluding steroid dienone is 2. The van der Waals surface area contributed by atoms with Gasteiger partial charge in [-0.05, 0) is 39.7 Å². The lowest BCUT2D eigenvalue weighted by Crippen LogP contribution is -2.19.